The van der Waals surface area contributed by atoms with Gasteiger partial charge in [0, 0.05) is 17.9 Å². The molecule has 1 spiro atoms. The summed E-state index contributed by atoms with van der Waals surface area (Å²) in [7, 11) is 0. The van der Waals surface area contributed by atoms with Gasteiger partial charge in [0.1, 0.15) is 0 Å². The van der Waals surface area contributed by atoms with Crippen LogP contribution in [0, 0.1) is 0 Å². The van der Waals surface area contributed by atoms with Crippen LogP contribution in [0.25, 0.3) is 0 Å². The van der Waals surface area contributed by atoms with E-state index in [1.807, 2.05) is 6.20 Å². The summed E-state index contributed by atoms with van der Waals surface area (Å²) in [6, 6.07) is 2.17. The van der Waals surface area contributed by atoms with Crippen molar-refractivity contribution in [2.75, 3.05) is 6.54 Å². The maximum atomic E-state index is 4.24. The van der Waals surface area contributed by atoms with Crippen LogP contribution in [0.3, 0.4) is 0 Å². The van der Waals surface area contributed by atoms with Gasteiger partial charge in [-0.2, -0.15) is 0 Å². The zero-order chi connectivity index (χ0) is 8.73. The van der Waals surface area contributed by atoms with Gasteiger partial charge >= 0.3 is 0 Å². The molecule has 0 radical (unpaired) electrons. The summed E-state index contributed by atoms with van der Waals surface area (Å²) in [5.41, 5.74) is 3.28. The quantitative estimate of drug-likeness (QED) is 0.646. The van der Waals surface area contributed by atoms with Crippen LogP contribution < -0.4 is 5.32 Å². The van der Waals surface area contributed by atoms with Gasteiger partial charge in [0.25, 0.3) is 0 Å². The van der Waals surface area contributed by atoms with E-state index in [9.17, 15) is 0 Å². The number of rotatable bonds is 0. The Bertz CT molecular complexity index is 327. The minimum Gasteiger partial charge on any atom is -0.307 e. The van der Waals surface area contributed by atoms with Crippen molar-refractivity contribution >= 4 is 0 Å². The lowest BCUT2D eigenvalue weighted by Crippen LogP contribution is -2.34. The predicted molar refractivity (Wildman–Crippen MR) is 51.5 cm³/mol. The molecule has 13 heavy (non-hydrogen) atoms. The van der Waals surface area contributed by atoms with Crippen LogP contribution in [0.2, 0.25) is 0 Å². The number of pyridine rings is 1. The number of hydrogen-bond acceptors (Lipinski definition) is 2. The minimum absolute atomic E-state index is 0.309. The van der Waals surface area contributed by atoms with Crippen molar-refractivity contribution in [3.05, 3.63) is 29.6 Å². The molecule has 68 valence electrons. The molecule has 1 atom stereocenters. The number of nitrogens with zero attached hydrogens (tertiary/aromatic N) is 1. The molecule has 0 bridgehead atoms. The SMILES string of the molecule is c1cc2c(cn1)[C@@]1(CCCN1)CC2. The van der Waals surface area contributed by atoms with Crippen LogP contribution in [0.1, 0.15) is 30.4 Å². The summed E-state index contributed by atoms with van der Waals surface area (Å²) in [6.45, 7) is 1.17. The molecular weight excluding hydrogens is 160 g/mol. The minimum atomic E-state index is 0.309. The van der Waals surface area contributed by atoms with Crippen LogP contribution in [0.4, 0.5) is 0 Å². The third-order valence-electron chi connectivity index (χ3n) is 3.49. The second-order valence-electron chi connectivity index (χ2n) is 4.15. The molecule has 1 saturated heterocycles. The van der Waals surface area contributed by atoms with Crippen molar-refractivity contribution in [1.29, 1.82) is 0 Å². The fourth-order valence-electron chi connectivity index (χ4n) is 2.80. The summed E-state index contributed by atoms with van der Waals surface area (Å²) >= 11 is 0. The molecule has 1 N–H and O–H groups in total. The van der Waals surface area contributed by atoms with E-state index in [0.717, 1.165) is 0 Å². The van der Waals surface area contributed by atoms with Crippen molar-refractivity contribution in [3.63, 3.8) is 0 Å². The summed E-state index contributed by atoms with van der Waals surface area (Å²) < 4.78 is 0. The van der Waals surface area contributed by atoms with E-state index >= 15 is 0 Å². The average molecular weight is 174 g/mol. The van der Waals surface area contributed by atoms with Crippen molar-refractivity contribution in [1.82, 2.24) is 10.3 Å². The Morgan fingerprint density at radius 3 is 3.23 bits per heavy atom. The van der Waals surface area contributed by atoms with Crippen LogP contribution in [0.15, 0.2) is 18.5 Å². The van der Waals surface area contributed by atoms with E-state index in [-0.39, 0.29) is 0 Å². The van der Waals surface area contributed by atoms with Gasteiger partial charge < -0.3 is 5.32 Å². The topological polar surface area (TPSA) is 24.9 Å². The number of aromatic nitrogens is 1. The largest absolute Gasteiger partial charge is 0.307 e. The maximum Gasteiger partial charge on any atom is 0.0456 e. The van der Waals surface area contributed by atoms with Crippen molar-refractivity contribution in [2.45, 2.75) is 31.2 Å². The van der Waals surface area contributed by atoms with E-state index < -0.39 is 0 Å². The highest BCUT2D eigenvalue weighted by molar-refractivity contribution is 5.37. The molecule has 3 rings (SSSR count). The first kappa shape index (κ1) is 7.51. The van der Waals surface area contributed by atoms with Gasteiger partial charge in [0.15, 0.2) is 0 Å². The first-order valence-corrected chi connectivity index (χ1v) is 5.09. The smallest absolute Gasteiger partial charge is 0.0456 e. The Hall–Kier alpha value is -0.890. The number of nitrogens with one attached hydrogen (secondary N) is 1. The van der Waals surface area contributed by atoms with E-state index in [0.29, 0.717) is 5.54 Å². The van der Waals surface area contributed by atoms with E-state index in [4.69, 9.17) is 0 Å². The number of hydrogen-bond donors (Lipinski definition) is 1. The van der Waals surface area contributed by atoms with Crippen molar-refractivity contribution in [3.8, 4) is 0 Å². The summed E-state index contributed by atoms with van der Waals surface area (Å²) in [6.07, 6.45) is 9.08. The van der Waals surface area contributed by atoms with Gasteiger partial charge in [-0.15, -0.1) is 0 Å². The van der Waals surface area contributed by atoms with Gasteiger partial charge in [0.05, 0.1) is 0 Å². The molecule has 1 aromatic rings. The molecule has 0 unspecified atom stereocenters. The average Bonchev–Trinajstić information content (AvgIpc) is 2.78. The Balaban J connectivity index is 2.11. The lowest BCUT2D eigenvalue weighted by molar-refractivity contribution is 0.388. The summed E-state index contributed by atoms with van der Waals surface area (Å²) in [5, 5.41) is 3.65. The number of aryl methyl sites for hydroxylation is 1. The van der Waals surface area contributed by atoms with Gasteiger partial charge in [-0.05, 0) is 49.4 Å². The Morgan fingerprint density at radius 1 is 1.38 bits per heavy atom. The molecule has 1 aliphatic carbocycles. The van der Waals surface area contributed by atoms with Crippen molar-refractivity contribution in [2.24, 2.45) is 0 Å². The second-order valence-corrected chi connectivity index (χ2v) is 4.15. The first-order valence-electron chi connectivity index (χ1n) is 5.09. The molecular formula is C11H14N2. The number of fused-ring (bicyclic) bond motifs is 2. The zero-order valence-electron chi connectivity index (χ0n) is 7.71. The normalized spacial score (nSPS) is 31.1. The highest BCUT2D eigenvalue weighted by atomic mass is 15.0. The van der Waals surface area contributed by atoms with Gasteiger partial charge in [0.2, 0.25) is 0 Å². The Morgan fingerprint density at radius 2 is 2.38 bits per heavy atom. The fraction of sp³-hybridized carbons (Fsp3) is 0.545. The van der Waals surface area contributed by atoms with E-state index in [1.54, 1.807) is 0 Å². The van der Waals surface area contributed by atoms with E-state index in [2.05, 4.69) is 22.6 Å². The maximum absolute atomic E-state index is 4.24. The molecule has 1 aromatic heterocycles. The van der Waals surface area contributed by atoms with Gasteiger partial charge in [-0.25, -0.2) is 0 Å². The molecule has 2 heterocycles. The Labute approximate surface area is 78.4 Å². The Kier molecular flexibility index (Phi) is 1.47. The highest BCUT2D eigenvalue weighted by Crippen LogP contribution is 2.41. The third kappa shape index (κ3) is 0.953. The molecule has 0 amide bonds. The lowest BCUT2D eigenvalue weighted by Gasteiger charge is -2.24. The molecule has 0 saturated carbocycles. The molecule has 2 nitrogen and oxygen atoms in total. The highest BCUT2D eigenvalue weighted by Gasteiger charge is 2.40. The van der Waals surface area contributed by atoms with Crippen LogP contribution >= 0.6 is 0 Å². The van der Waals surface area contributed by atoms with Gasteiger partial charge in [-0.1, -0.05) is 0 Å². The first-order chi connectivity index (χ1) is 6.41. The summed E-state index contributed by atoms with van der Waals surface area (Å²) in [4.78, 5) is 4.24. The van der Waals surface area contributed by atoms with Gasteiger partial charge in [-0.3, -0.25) is 4.98 Å². The second kappa shape index (κ2) is 2.55. The van der Waals surface area contributed by atoms with Crippen LogP contribution in [0.5, 0.6) is 0 Å². The molecule has 1 aliphatic heterocycles. The molecule has 1 fully saturated rings. The lowest BCUT2D eigenvalue weighted by atomic mass is 9.91. The standard InChI is InChI=1S/C11H14N2/c1-4-11(13-6-1)5-2-9-3-7-12-8-10(9)11/h3,7-8,13H,1-2,4-6H2/t11-/m1/s1. The predicted octanol–water partition coefficient (Wildman–Crippen LogP) is 1.61. The zero-order valence-corrected chi connectivity index (χ0v) is 7.71. The molecule has 0 aromatic carbocycles. The van der Waals surface area contributed by atoms with Crippen LogP contribution in [-0.4, -0.2) is 11.5 Å². The third-order valence-corrected chi connectivity index (χ3v) is 3.49. The molecule has 2 aliphatic rings. The monoisotopic (exact) mass is 174 g/mol. The summed E-state index contributed by atoms with van der Waals surface area (Å²) in [5.74, 6) is 0. The van der Waals surface area contributed by atoms with Crippen LogP contribution in [-0.2, 0) is 12.0 Å². The molecule has 2 heteroatoms. The van der Waals surface area contributed by atoms with Crippen molar-refractivity contribution < 1.29 is 0 Å². The fourth-order valence-corrected chi connectivity index (χ4v) is 2.80. The van der Waals surface area contributed by atoms with E-state index in [1.165, 1.54) is 43.4 Å².